The second kappa shape index (κ2) is 5.17. The fourth-order valence-corrected chi connectivity index (χ4v) is 2.68. The van der Waals surface area contributed by atoms with Gasteiger partial charge in [-0.3, -0.25) is 0 Å². The van der Waals surface area contributed by atoms with E-state index in [0.717, 1.165) is 34.7 Å². The van der Waals surface area contributed by atoms with E-state index in [4.69, 9.17) is 16.3 Å². The Morgan fingerprint density at radius 3 is 2.78 bits per heavy atom. The normalized spacial score (nSPS) is 19.3. The maximum absolute atomic E-state index is 6.19. The minimum atomic E-state index is 0.486. The smallest absolute Gasteiger partial charge is 0.127 e. The molecular formula is C15H16ClNO. The van der Waals surface area contributed by atoms with Gasteiger partial charge in [0.15, 0.2) is 0 Å². The highest BCUT2D eigenvalue weighted by atomic mass is 35.5. The second-order valence-corrected chi connectivity index (χ2v) is 5.10. The lowest BCUT2D eigenvalue weighted by molar-refractivity contribution is 0.280. The largest absolute Gasteiger partial charge is 0.491 e. The van der Waals surface area contributed by atoms with Crippen LogP contribution >= 0.6 is 11.6 Å². The summed E-state index contributed by atoms with van der Waals surface area (Å²) >= 11 is 6.19. The minimum Gasteiger partial charge on any atom is -0.491 e. The number of hydrogen-bond acceptors (Lipinski definition) is 2. The highest BCUT2D eigenvalue weighted by molar-refractivity contribution is 6.35. The minimum absolute atomic E-state index is 0.486. The number of halogens is 1. The zero-order chi connectivity index (χ0) is 12.4. The fourth-order valence-electron chi connectivity index (χ4n) is 2.45. The SMILES string of the molecule is Clc1ccc(OC[C@@H]2CCCN2)c2ccccc12. The van der Waals surface area contributed by atoms with Gasteiger partial charge < -0.3 is 10.1 Å². The number of hydrogen-bond donors (Lipinski definition) is 1. The first-order valence-corrected chi connectivity index (χ1v) is 6.76. The number of nitrogens with one attached hydrogen (secondary N) is 1. The molecule has 1 aliphatic heterocycles. The van der Waals surface area contributed by atoms with Crippen LogP contribution in [0, 0.1) is 0 Å². The standard InChI is InChI=1S/C15H16ClNO/c16-14-7-8-15(13-6-2-1-5-12(13)14)18-10-11-4-3-9-17-11/h1-2,5-8,11,17H,3-4,9-10H2/t11-/m0/s1. The van der Waals surface area contributed by atoms with Gasteiger partial charge in [-0.05, 0) is 31.5 Å². The van der Waals surface area contributed by atoms with Gasteiger partial charge in [-0.25, -0.2) is 0 Å². The summed E-state index contributed by atoms with van der Waals surface area (Å²) in [6, 6.07) is 12.4. The van der Waals surface area contributed by atoms with Gasteiger partial charge in [0.2, 0.25) is 0 Å². The van der Waals surface area contributed by atoms with Crippen molar-refractivity contribution >= 4 is 22.4 Å². The van der Waals surface area contributed by atoms with Crippen molar-refractivity contribution in [2.24, 2.45) is 0 Å². The Bertz CT molecular complexity index is 549. The van der Waals surface area contributed by atoms with Crippen molar-refractivity contribution in [3.63, 3.8) is 0 Å². The molecule has 18 heavy (non-hydrogen) atoms. The molecule has 1 atom stereocenters. The molecule has 1 fully saturated rings. The van der Waals surface area contributed by atoms with E-state index in [1.54, 1.807) is 0 Å². The Labute approximate surface area is 112 Å². The van der Waals surface area contributed by atoms with Crippen molar-refractivity contribution in [3.8, 4) is 5.75 Å². The van der Waals surface area contributed by atoms with Crippen molar-refractivity contribution in [1.29, 1.82) is 0 Å². The average Bonchev–Trinajstić information content (AvgIpc) is 2.92. The van der Waals surface area contributed by atoms with Gasteiger partial charge in [0, 0.05) is 21.8 Å². The number of benzene rings is 2. The van der Waals surface area contributed by atoms with E-state index >= 15 is 0 Å². The van der Waals surface area contributed by atoms with Gasteiger partial charge in [-0.15, -0.1) is 0 Å². The summed E-state index contributed by atoms with van der Waals surface area (Å²) in [6.07, 6.45) is 2.45. The molecule has 94 valence electrons. The Balaban J connectivity index is 1.85. The van der Waals surface area contributed by atoms with Crippen LogP contribution in [0.5, 0.6) is 5.75 Å². The molecule has 1 heterocycles. The summed E-state index contributed by atoms with van der Waals surface area (Å²) in [5.74, 6) is 0.920. The molecule has 1 aliphatic rings. The Hall–Kier alpha value is -1.25. The molecule has 2 aromatic carbocycles. The summed E-state index contributed by atoms with van der Waals surface area (Å²) in [7, 11) is 0. The first kappa shape index (κ1) is 11.8. The molecular weight excluding hydrogens is 246 g/mol. The van der Waals surface area contributed by atoms with Gasteiger partial charge in [0.05, 0.1) is 0 Å². The molecule has 0 bridgehead atoms. The second-order valence-electron chi connectivity index (χ2n) is 4.70. The molecule has 0 saturated carbocycles. The third kappa shape index (κ3) is 2.31. The van der Waals surface area contributed by atoms with Crippen molar-refractivity contribution in [2.45, 2.75) is 18.9 Å². The van der Waals surface area contributed by atoms with Gasteiger partial charge in [-0.2, -0.15) is 0 Å². The molecule has 1 saturated heterocycles. The zero-order valence-electron chi connectivity index (χ0n) is 10.2. The number of ether oxygens (including phenoxy) is 1. The van der Waals surface area contributed by atoms with Crippen LogP contribution in [0.15, 0.2) is 36.4 Å². The molecule has 0 unspecified atom stereocenters. The third-order valence-electron chi connectivity index (χ3n) is 3.43. The van der Waals surface area contributed by atoms with Crippen LogP contribution in [0.25, 0.3) is 10.8 Å². The topological polar surface area (TPSA) is 21.3 Å². The van der Waals surface area contributed by atoms with Gasteiger partial charge in [0.1, 0.15) is 12.4 Å². The molecule has 3 heteroatoms. The van der Waals surface area contributed by atoms with Crippen LogP contribution in [-0.2, 0) is 0 Å². The monoisotopic (exact) mass is 261 g/mol. The molecule has 0 amide bonds. The maximum Gasteiger partial charge on any atom is 0.127 e. The van der Waals surface area contributed by atoms with E-state index in [1.807, 2.05) is 30.3 Å². The van der Waals surface area contributed by atoms with Gasteiger partial charge >= 0.3 is 0 Å². The highest BCUT2D eigenvalue weighted by Gasteiger charge is 2.15. The molecule has 0 aliphatic carbocycles. The lowest BCUT2D eigenvalue weighted by atomic mass is 10.1. The van der Waals surface area contributed by atoms with E-state index in [2.05, 4.69) is 11.4 Å². The van der Waals surface area contributed by atoms with Crippen molar-refractivity contribution in [3.05, 3.63) is 41.4 Å². The predicted octanol–water partition coefficient (Wildman–Crippen LogP) is 3.62. The number of fused-ring (bicyclic) bond motifs is 1. The Morgan fingerprint density at radius 2 is 2.00 bits per heavy atom. The molecule has 0 radical (unpaired) electrons. The third-order valence-corrected chi connectivity index (χ3v) is 3.76. The first-order valence-electron chi connectivity index (χ1n) is 6.38. The van der Waals surface area contributed by atoms with Crippen LogP contribution in [0.2, 0.25) is 5.02 Å². The zero-order valence-corrected chi connectivity index (χ0v) is 10.9. The Kier molecular flexibility index (Phi) is 3.39. The van der Waals surface area contributed by atoms with Crippen LogP contribution in [0.1, 0.15) is 12.8 Å². The fraction of sp³-hybridized carbons (Fsp3) is 0.333. The molecule has 0 aromatic heterocycles. The summed E-state index contributed by atoms with van der Waals surface area (Å²) in [5, 5.41) is 6.35. The maximum atomic E-state index is 6.19. The lowest BCUT2D eigenvalue weighted by Gasteiger charge is -2.14. The van der Waals surface area contributed by atoms with Gasteiger partial charge in [-0.1, -0.05) is 35.9 Å². The first-order chi connectivity index (χ1) is 8.84. The van der Waals surface area contributed by atoms with Gasteiger partial charge in [0.25, 0.3) is 0 Å². The van der Waals surface area contributed by atoms with Crippen LogP contribution in [-0.4, -0.2) is 19.2 Å². The summed E-state index contributed by atoms with van der Waals surface area (Å²) in [5.41, 5.74) is 0. The van der Waals surface area contributed by atoms with Crippen LogP contribution in [0.3, 0.4) is 0 Å². The van der Waals surface area contributed by atoms with E-state index in [9.17, 15) is 0 Å². The predicted molar refractivity (Wildman–Crippen MR) is 75.5 cm³/mol. The van der Waals surface area contributed by atoms with E-state index in [0.29, 0.717) is 6.04 Å². The molecule has 2 nitrogen and oxygen atoms in total. The summed E-state index contributed by atoms with van der Waals surface area (Å²) in [6.45, 7) is 1.83. The summed E-state index contributed by atoms with van der Waals surface area (Å²) in [4.78, 5) is 0. The van der Waals surface area contributed by atoms with E-state index in [-0.39, 0.29) is 0 Å². The molecule has 2 aromatic rings. The van der Waals surface area contributed by atoms with Crippen molar-refractivity contribution in [1.82, 2.24) is 5.32 Å². The number of rotatable bonds is 3. The highest BCUT2D eigenvalue weighted by Crippen LogP contribution is 2.31. The van der Waals surface area contributed by atoms with Crippen LogP contribution < -0.4 is 10.1 Å². The van der Waals surface area contributed by atoms with Crippen LogP contribution in [0.4, 0.5) is 0 Å². The molecule has 1 N–H and O–H groups in total. The quantitative estimate of drug-likeness (QED) is 0.911. The van der Waals surface area contributed by atoms with Crippen molar-refractivity contribution in [2.75, 3.05) is 13.2 Å². The average molecular weight is 262 g/mol. The molecule has 3 rings (SSSR count). The van der Waals surface area contributed by atoms with E-state index < -0.39 is 0 Å². The summed E-state index contributed by atoms with van der Waals surface area (Å²) < 4.78 is 5.94. The van der Waals surface area contributed by atoms with Crippen molar-refractivity contribution < 1.29 is 4.74 Å². The molecule has 0 spiro atoms. The Morgan fingerprint density at radius 1 is 1.17 bits per heavy atom. The lowest BCUT2D eigenvalue weighted by Crippen LogP contribution is -2.28. The van der Waals surface area contributed by atoms with E-state index in [1.165, 1.54) is 12.8 Å².